The van der Waals surface area contributed by atoms with E-state index in [4.69, 9.17) is 5.73 Å². The second kappa shape index (κ2) is 6.30. The molecule has 3 rings (SSSR count). The van der Waals surface area contributed by atoms with E-state index in [1.165, 1.54) is 0 Å². The van der Waals surface area contributed by atoms with E-state index in [0.717, 1.165) is 11.3 Å². The Morgan fingerprint density at radius 3 is 2.83 bits per heavy atom. The highest BCUT2D eigenvalue weighted by molar-refractivity contribution is 5.93. The first-order valence-corrected chi connectivity index (χ1v) is 7.18. The van der Waals surface area contributed by atoms with E-state index in [0.29, 0.717) is 24.5 Å². The number of nitrogens with zero attached hydrogens (tertiary/aromatic N) is 4. The van der Waals surface area contributed by atoms with Gasteiger partial charge in [-0.2, -0.15) is 10.1 Å². The number of anilines is 1. The molecule has 1 amide bonds. The zero-order chi connectivity index (χ0) is 16.2. The third kappa shape index (κ3) is 3.37. The van der Waals surface area contributed by atoms with Crippen LogP contribution in [0.3, 0.4) is 0 Å². The molecule has 0 atom stereocenters. The van der Waals surface area contributed by atoms with Crippen LogP contribution in [0.5, 0.6) is 0 Å². The van der Waals surface area contributed by atoms with Crippen LogP contribution in [0.15, 0.2) is 36.4 Å². The van der Waals surface area contributed by atoms with Gasteiger partial charge in [-0.25, -0.2) is 0 Å². The van der Waals surface area contributed by atoms with E-state index in [1.807, 2.05) is 30.3 Å². The van der Waals surface area contributed by atoms with Crippen molar-refractivity contribution in [1.82, 2.24) is 30.3 Å². The van der Waals surface area contributed by atoms with Crippen molar-refractivity contribution in [1.29, 1.82) is 0 Å². The molecule has 0 saturated heterocycles. The number of benzene rings is 1. The van der Waals surface area contributed by atoms with E-state index >= 15 is 0 Å². The molecular weight excluding hydrogens is 294 g/mol. The van der Waals surface area contributed by atoms with Crippen LogP contribution in [0.1, 0.15) is 16.3 Å². The Bertz CT molecular complexity index is 806. The maximum atomic E-state index is 12.3. The Hall–Kier alpha value is -3.16. The summed E-state index contributed by atoms with van der Waals surface area (Å²) in [4.78, 5) is 16.2. The number of aryl methyl sites for hydroxylation is 1. The van der Waals surface area contributed by atoms with Crippen molar-refractivity contribution in [2.45, 2.75) is 6.42 Å². The van der Waals surface area contributed by atoms with Crippen molar-refractivity contribution in [3.8, 4) is 11.3 Å². The molecule has 1 aromatic carbocycles. The summed E-state index contributed by atoms with van der Waals surface area (Å²) in [7, 11) is 1.75. The molecule has 0 radical (unpaired) electrons. The van der Waals surface area contributed by atoms with E-state index in [1.54, 1.807) is 17.8 Å². The lowest BCUT2D eigenvalue weighted by molar-refractivity contribution is 0.0944. The second-order valence-corrected chi connectivity index (χ2v) is 5.05. The van der Waals surface area contributed by atoms with Crippen LogP contribution in [-0.4, -0.2) is 37.4 Å². The molecule has 0 saturated carbocycles. The van der Waals surface area contributed by atoms with Gasteiger partial charge >= 0.3 is 0 Å². The van der Waals surface area contributed by atoms with Gasteiger partial charge in [-0.15, -0.1) is 5.10 Å². The molecule has 0 spiro atoms. The van der Waals surface area contributed by atoms with Crippen LogP contribution in [0.25, 0.3) is 11.3 Å². The van der Waals surface area contributed by atoms with E-state index in [2.05, 4.69) is 25.6 Å². The van der Waals surface area contributed by atoms with E-state index in [9.17, 15) is 4.79 Å². The topological polar surface area (TPSA) is 115 Å². The molecule has 0 unspecified atom stereocenters. The molecule has 0 aliphatic carbocycles. The summed E-state index contributed by atoms with van der Waals surface area (Å²) in [5.41, 5.74) is 7.66. The largest absolute Gasteiger partial charge is 0.367 e. The van der Waals surface area contributed by atoms with Crippen molar-refractivity contribution in [3.05, 3.63) is 47.9 Å². The lowest BCUT2D eigenvalue weighted by Gasteiger charge is -2.03. The Kier molecular flexibility index (Phi) is 4.05. The zero-order valence-electron chi connectivity index (χ0n) is 12.7. The third-order valence-electron chi connectivity index (χ3n) is 3.38. The standard InChI is InChI=1S/C15H17N7O/c1-22-12(9-11(21-22)10-5-3-2-4-6-10)14(23)17-8-7-13-18-15(16)20-19-13/h2-6,9H,7-8H2,1H3,(H,17,23)(H3,16,18,19,20). The number of H-pyrrole nitrogens is 1. The molecule has 8 heteroatoms. The summed E-state index contributed by atoms with van der Waals surface area (Å²) in [6.45, 7) is 0.430. The highest BCUT2D eigenvalue weighted by atomic mass is 16.2. The van der Waals surface area contributed by atoms with Crippen molar-refractivity contribution >= 4 is 11.9 Å². The van der Waals surface area contributed by atoms with Gasteiger partial charge in [0.1, 0.15) is 11.5 Å². The minimum Gasteiger partial charge on any atom is -0.367 e. The number of hydrogen-bond acceptors (Lipinski definition) is 5. The molecule has 3 aromatic rings. The highest BCUT2D eigenvalue weighted by Gasteiger charge is 2.14. The highest BCUT2D eigenvalue weighted by Crippen LogP contribution is 2.18. The maximum absolute atomic E-state index is 12.3. The van der Waals surface area contributed by atoms with Crippen LogP contribution in [-0.2, 0) is 13.5 Å². The number of aromatic amines is 1. The van der Waals surface area contributed by atoms with Crippen molar-refractivity contribution in [2.24, 2.45) is 7.05 Å². The van der Waals surface area contributed by atoms with Crippen LogP contribution >= 0.6 is 0 Å². The normalized spacial score (nSPS) is 10.7. The minimum atomic E-state index is -0.185. The summed E-state index contributed by atoms with van der Waals surface area (Å²) in [5, 5.41) is 13.7. The fraction of sp³-hybridized carbons (Fsp3) is 0.200. The lowest BCUT2D eigenvalue weighted by atomic mass is 10.1. The zero-order valence-corrected chi connectivity index (χ0v) is 12.7. The Morgan fingerprint density at radius 2 is 2.13 bits per heavy atom. The molecule has 2 aromatic heterocycles. The Morgan fingerprint density at radius 1 is 1.35 bits per heavy atom. The van der Waals surface area contributed by atoms with Gasteiger partial charge in [0.05, 0.1) is 5.69 Å². The first kappa shape index (κ1) is 14.8. The fourth-order valence-corrected chi connectivity index (χ4v) is 2.24. The fourth-order valence-electron chi connectivity index (χ4n) is 2.24. The number of nitrogens with one attached hydrogen (secondary N) is 2. The number of carbonyl (C=O) groups excluding carboxylic acids is 1. The van der Waals surface area contributed by atoms with Crippen molar-refractivity contribution in [2.75, 3.05) is 12.3 Å². The number of nitrogen functional groups attached to an aromatic ring is 1. The van der Waals surface area contributed by atoms with Crippen molar-refractivity contribution in [3.63, 3.8) is 0 Å². The summed E-state index contributed by atoms with van der Waals surface area (Å²) in [6, 6.07) is 11.5. The molecule has 8 nitrogen and oxygen atoms in total. The minimum absolute atomic E-state index is 0.185. The molecule has 2 heterocycles. The smallest absolute Gasteiger partial charge is 0.269 e. The molecular formula is C15H17N7O. The number of carbonyl (C=O) groups is 1. The molecule has 118 valence electrons. The number of rotatable bonds is 5. The van der Waals surface area contributed by atoms with Gasteiger partial charge in [-0.3, -0.25) is 14.6 Å². The van der Waals surface area contributed by atoms with Gasteiger partial charge in [-0.1, -0.05) is 30.3 Å². The number of aromatic nitrogens is 5. The summed E-state index contributed by atoms with van der Waals surface area (Å²) < 4.78 is 1.57. The first-order valence-electron chi connectivity index (χ1n) is 7.18. The second-order valence-electron chi connectivity index (χ2n) is 5.05. The van der Waals surface area contributed by atoms with Gasteiger partial charge in [0.2, 0.25) is 5.95 Å². The van der Waals surface area contributed by atoms with Gasteiger partial charge in [0, 0.05) is 25.6 Å². The molecule has 0 aliphatic heterocycles. The maximum Gasteiger partial charge on any atom is 0.269 e. The summed E-state index contributed by atoms with van der Waals surface area (Å²) in [6.07, 6.45) is 0.527. The van der Waals surface area contributed by atoms with Crippen molar-refractivity contribution < 1.29 is 4.79 Å². The monoisotopic (exact) mass is 311 g/mol. The van der Waals surface area contributed by atoms with Gasteiger partial charge in [-0.05, 0) is 6.07 Å². The predicted octanol–water partition coefficient (Wildman–Crippen LogP) is 0.760. The summed E-state index contributed by atoms with van der Waals surface area (Å²) >= 11 is 0. The Labute approximate surface area is 132 Å². The van der Waals surface area contributed by atoms with Crippen LogP contribution in [0, 0.1) is 0 Å². The van der Waals surface area contributed by atoms with Gasteiger partial charge < -0.3 is 11.1 Å². The number of nitrogens with two attached hydrogens (primary N) is 1. The lowest BCUT2D eigenvalue weighted by Crippen LogP contribution is -2.27. The quantitative estimate of drug-likeness (QED) is 0.643. The molecule has 0 aliphatic rings. The molecule has 23 heavy (non-hydrogen) atoms. The summed E-state index contributed by atoms with van der Waals surface area (Å²) in [5.74, 6) is 0.651. The van der Waals surface area contributed by atoms with Gasteiger partial charge in [0.25, 0.3) is 5.91 Å². The average Bonchev–Trinajstić information content (AvgIpc) is 3.14. The predicted molar refractivity (Wildman–Crippen MR) is 85.5 cm³/mol. The first-order chi connectivity index (χ1) is 11.1. The number of hydrogen-bond donors (Lipinski definition) is 3. The molecule has 0 fully saturated rings. The van der Waals surface area contributed by atoms with E-state index in [-0.39, 0.29) is 11.9 Å². The number of amides is 1. The van der Waals surface area contributed by atoms with Gasteiger partial charge in [0.15, 0.2) is 0 Å². The SMILES string of the molecule is Cn1nc(-c2ccccc2)cc1C(=O)NCCc1nc(N)n[nH]1. The average molecular weight is 311 g/mol. The molecule has 4 N–H and O–H groups in total. The third-order valence-corrected chi connectivity index (χ3v) is 3.38. The molecule has 0 bridgehead atoms. The van der Waals surface area contributed by atoms with Crippen LogP contribution in [0.4, 0.5) is 5.95 Å². The van der Waals surface area contributed by atoms with E-state index < -0.39 is 0 Å². The van der Waals surface area contributed by atoms with Crippen LogP contribution in [0.2, 0.25) is 0 Å². The Balaban J connectivity index is 1.64. The van der Waals surface area contributed by atoms with Crippen LogP contribution < -0.4 is 11.1 Å².